The molecule has 2 aromatic rings. The van der Waals surface area contributed by atoms with E-state index in [-0.39, 0.29) is 0 Å². The Hall–Kier alpha value is -1.20. The van der Waals surface area contributed by atoms with Crippen molar-refractivity contribution in [3.8, 4) is 0 Å². The third-order valence-corrected chi connectivity index (χ3v) is 4.76. The van der Waals surface area contributed by atoms with Crippen molar-refractivity contribution in [2.24, 2.45) is 0 Å². The molecule has 0 spiro atoms. The Kier molecular flexibility index (Phi) is 2.89. The quantitative estimate of drug-likeness (QED) is 0.858. The highest BCUT2D eigenvalue weighted by atomic mass is 32.1. The summed E-state index contributed by atoms with van der Waals surface area (Å²) in [5, 5.41) is 8.51. The summed E-state index contributed by atoms with van der Waals surface area (Å²) in [6, 6.07) is 2.76. The van der Waals surface area contributed by atoms with Crippen molar-refractivity contribution in [2.75, 3.05) is 6.54 Å². The van der Waals surface area contributed by atoms with Gasteiger partial charge in [-0.25, -0.2) is 0 Å². The van der Waals surface area contributed by atoms with Crippen LogP contribution in [0.25, 0.3) is 0 Å². The van der Waals surface area contributed by atoms with Crippen LogP contribution in [0.3, 0.4) is 0 Å². The van der Waals surface area contributed by atoms with E-state index in [1.54, 1.807) is 11.3 Å². The first kappa shape index (κ1) is 11.6. The highest BCUT2D eigenvalue weighted by Crippen LogP contribution is 2.38. The molecule has 4 rings (SSSR count). The first-order valence-corrected chi connectivity index (χ1v) is 7.93. The zero-order chi connectivity index (χ0) is 12.7. The van der Waals surface area contributed by atoms with Crippen molar-refractivity contribution in [1.29, 1.82) is 0 Å². The third-order valence-electron chi connectivity index (χ3n) is 4.06. The van der Waals surface area contributed by atoms with Gasteiger partial charge in [0, 0.05) is 12.0 Å². The highest BCUT2D eigenvalue weighted by Gasteiger charge is 2.31. The fourth-order valence-electron chi connectivity index (χ4n) is 2.87. The van der Waals surface area contributed by atoms with E-state index in [1.165, 1.54) is 31.2 Å². The Labute approximate surface area is 116 Å². The molecule has 0 unspecified atom stereocenters. The molecule has 1 saturated heterocycles. The van der Waals surface area contributed by atoms with E-state index in [2.05, 4.69) is 31.9 Å². The molecule has 5 heteroatoms. The molecule has 1 aliphatic heterocycles. The molecule has 1 saturated carbocycles. The number of hydrogen-bond acceptors (Lipinski definition) is 5. The standard InChI is InChI=1S/C14H17N3OS/c1-2-12(11-5-7-19-9-11)17(6-1)8-13-15-14(16-18-13)10-3-4-10/h5,7,9-10,12H,1-4,6,8H2/t12-/m1/s1. The van der Waals surface area contributed by atoms with Crippen LogP contribution >= 0.6 is 11.3 Å². The summed E-state index contributed by atoms with van der Waals surface area (Å²) in [5.74, 6) is 2.27. The van der Waals surface area contributed by atoms with Crippen LogP contribution in [-0.4, -0.2) is 21.6 Å². The monoisotopic (exact) mass is 275 g/mol. The van der Waals surface area contributed by atoms with Gasteiger partial charge < -0.3 is 4.52 Å². The van der Waals surface area contributed by atoms with Crippen LogP contribution in [0.2, 0.25) is 0 Å². The molecule has 0 N–H and O–H groups in total. The number of likely N-dealkylation sites (tertiary alicyclic amines) is 1. The van der Waals surface area contributed by atoms with E-state index in [9.17, 15) is 0 Å². The number of nitrogens with zero attached hydrogens (tertiary/aromatic N) is 3. The van der Waals surface area contributed by atoms with Crippen molar-refractivity contribution < 1.29 is 4.52 Å². The second kappa shape index (κ2) is 4.72. The molecule has 0 amide bonds. The highest BCUT2D eigenvalue weighted by molar-refractivity contribution is 7.07. The van der Waals surface area contributed by atoms with Gasteiger partial charge in [-0.1, -0.05) is 5.16 Å². The van der Waals surface area contributed by atoms with Crippen LogP contribution in [0.5, 0.6) is 0 Å². The predicted octanol–water partition coefficient (Wildman–Crippen LogP) is 3.35. The van der Waals surface area contributed by atoms with Gasteiger partial charge >= 0.3 is 0 Å². The zero-order valence-electron chi connectivity index (χ0n) is 10.8. The van der Waals surface area contributed by atoms with E-state index in [1.807, 2.05) is 0 Å². The van der Waals surface area contributed by atoms with Gasteiger partial charge in [-0.2, -0.15) is 16.3 Å². The van der Waals surface area contributed by atoms with E-state index >= 15 is 0 Å². The summed E-state index contributed by atoms with van der Waals surface area (Å²) in [5.41, 5.74) is 1.43. The Morgan fingerprint density at radius 1 is 1.37 bits per heavy atom. The summed E-state index contributed by atoms with van der Waals surface area (Å²) < 4.78 is 5.39. The molecular weight excluding hydrogens is 258 g/mol. The van der Waals surface area contributed by atoms with E-state index in [4.69, 9.17) is 4.52 Å². The van der Waals surface area contributed by atoms with Gasteiger partial charge in [0.05, 0.1) is 6.54 Å². The fourth-order valence-corrected chi connectivity index (χ4v) is 3.58. The number of thiophene rings is 1. The average molecular weight is 275 g/mol. The average Bonchev–Trinajstić information content (AvgIpc) is 2.89. The lowest BCUT2D eigenvalue weighted by atomic mass is 10.1. The maximum Gasteiger partial charge on any atom is 0.240 e. The van der Waals surface area contributed by atoms with Gasteiger partial charge in [-0.15, -0.1) is 0 Å². The molecular formula is C14H17N3OS. The van der Waals surface area contributed by atoms with Gasteiger partial charge in [0.15, 0.2) is 5.82 Å². The van der Waals surface area contributed by atoms with Crippen molar-refractivity contribution in [3.05, 3.63) is 34.1 Å². The Morgan fingerprint density at radius 2 is 2.32 bits per heavy atom. The maximum atomic E-state index is 5.39. The molecule has 4 nitrogen and oxygen atoms in total. The van der Waals surface area contributed by atoms with Crippen LogP contribution in [0.1, 0.15) is 54.9 Å². The number of aromatic nitrogens is 2. The van der Waals surface area contributed by atoms with Crippen LogP contribution in [0.15, 0.2) is 21.3 Å². The molecule has 2 aliphatic rings. The van der Waals surface area contributed by atoms with Crippen LogP contribution in [0, 0.1) is 0 Å². The maximum absolute atomic E-state index is 5.39. The smallest absolute Gasteiger partial charge is 0.240 e. The van der Waals surface area contributed by atoms with Gasteiger partial charge in [-0.05, 0) is 54.6 Å². The summed E-state index contributed by atoms with van der Waals surface area (Å²) in [6.07, 6.45) is 4.94. The molecule has 3 heterocycles. The van der Waals surface area contributed by atoms with E-state index < -0.39 is 0 Å². The summed E-state index contributed by atoms with van der Waals surface area (Å²) >= 11 is 1.77. The molecule has 0 radical (unpaired) electrons. The molecule has 19 heavy (non-hydrogen) atoms. The molecule has 2 fully saturated rings. The second-order valence-corrected chi connectivity index (χ2v) is 6.29. The zero-order valence-corrected chi connectivity index (χ0v) is 11.6. The molecule has 2 aromatic heterocycles. The van der Waals surface area contributed by atoms with Gasteiger partial charge in [0.2, 0.25) is 5.89 Å². The molecule has 0 aromatic carbocycles. The number of hydrogen-bond donors (Lipinski definition) is 0. The van der Waals surface area contributed by atoms with E-state index in [0.717, 1.165) is 24.8 Å². The van der Waals surface area contributed by atoms with Gasteiger partial charge in [0.1, 0.15) is 0 Å². The SMILES string of the molecule is c1cc([C@H]2CCCN2Cc2nc(C3CC3)no2)cs1. The Bertz CT molecular complexity index is 547. The second-order valence-electron chi connectivity index (χ2n) is 5.51. The fraction of sp³-hybridized carbons (Fsp3) is 0.571. The number of rotatable bonds is 4. The Morgan fingerprint density at radius 3 is 3.11 bits per heavy atom. The summed E-state index contributed by atoms with van der Waals surface area (Å²) in [7, 11) is 0. The minimum atomic E-state index is 0.530. The third kappa shape index (κ3) is 2.32. The first-order chi connectivity index (χ1) is 9.40. The summed E-state index contributed by atoms with van der Waals surface area (Å²) in [6.45, 7) is 1.92. The van der Waals surface area contributed by atoms with Crippen molar-refractivity contribution >= 4 is 11.3 Å². The predicted molar refractivity (Wildman–Crippen MR) is 73.0 cm³/mol. The van der Waals surface area contributed by atoms with E-state index in [0.29, 0.717) is 12.0 Å². The lowest BCUT2D eigenvalue weighted by molar-refractivity contribution is 0.212. The van der Waals surface area contributed by atoms with Crippen LogP contribution in [0.4, 0.5) is 0 Å². The Balaban J connectivity index is 1.48. The minimum Gasteiger partial charge on any atom is -0.338 e. The summed E-state index contributed by atoms with van der Waals surface area (Å²) in [4.78, 5) is 7.00. The lowest BCUT2D eigenvalue weighted by Crippen LogP contribution is -2.22. The molecule has 1 atom stereocenters. The van der Waals surface area contributed by atoms with Gasteiger partial charge in [0.25, 0.3) is 0 Å². The normalized spacial score (nSPS) is 24.1. The topological polar surface area (TPSA) is 42.2 Å². The minimum absolute atomic E-state index is 0.530. The molecule has 100 valence electrons. The molecule has 1 aliphatic carbocycles. The largest absolute Gasteiger partial charge is 0.338 e. The molecule has 0 bridgehead atoms. The first-order valence-electron chi connectivity index (χ1n) is 6.99. The van der Waals surface area contributed by atoms with Crippen LogP contribution in [-0.2, 0) is 6.54 Å². The van der Waals surface area contributed by atoms with Gasteiger partial charge in [-0.3, -0.25) is 4.90 Å². The van der Waals surface area contributed by atoms with Crippen molar-refractivity contribution in [1.82, 2.24) is 15.0 Å². The van der Waals surface area contributed by atoms with Crippen molar-refractivity contribution in [3.63, 3.8) is 0 Å². The van der Waals surface area contributed by atoms with Crippen molar-refractivity contribution in [2.45, 2.75) is 44.2 Å². The van der Waals surface area contributed by atoms with Crippen LogP contribution < -0.4 is 0 Å². The lowest BCUT2D eigenvalue weighted by Gasteiger charge is -2.21.